The molecule has 1 aromatic heterocycles. The summed E-state index contributed by atoms with van der Waals surface area (Å²) in [6, 6.07) is 1.81. The Kier molecular flexibility index (Phi) is 5.73. The Morgan fingerprint density at radius 3 is 2.68 bits per heavy atom. The van der Waals surface area contributed by atoms with E-state index in [9.17, 15) is 9.59 Å². The molecule has 138 valence electrons. The lowest BCUT2D eigenvalue weighted by molar-refractivity contribution is -0.125. The molecule has 7 heteroatoms. The SMILES string of the molecule is CNC(=O)C1CN(C)CCN(C(=O)c2cc(C3CCCCC3)no2)C1. The third-order valence-electron chi connectivity index (χ3n) is 5.39. The quantitative estimate of drug-likeness (QED) is 0.895. The topological polar surface area (TPSA) is 78.7 Å². The Balaban J connectivity index is 1.70. The standard InChI is InChI=1S/C18H28N4O3/c1-19-17(23)14-11-21(2)8-9-22(12-14)18(24)16-10-15(20-25-16)13-6-4-3-5-7-13/h10,13-14H,3-9,11-12H2,1-2H3,(H,19,23). The second kappa shape index (κ2) is 7.99. The molecular weight excluding hydrogens is 320 g/mol. The van der Waals surface area contributed by atoms with Crippen molar-refractivity contribution in [3.63, 3.8) is 0 Å². The Hall–Kier alpha value is -1.89. The third kappa shape index (κ3) is 4.21. The Bertz CT molecular complexity index is 609. The normalized spacial score (nSPS) is 23.3. The first kappa shape index (κ1) is 17.9. The van der Waals surface area contributed by atoms with Gasteiger partial charge >= 0.3 is 0 Å². The van der Waals surface area contributed by atoms with E-state index in [0.29, 0.717) is 31.3 Å². The van der Waals surface area contributed by atoms with Crippen molar-refractivity contribution in [2.45, 2.75) is 38.0 Å². The van der Waals surface area contributed by atoms with Crippen LogP contribution in [0.15, 0.2) is 10.6 Å². The average Bonchev–Trinajstić information content (AvgIpc) is 3.05. The van der Waals surface area contributed by atoms with E-state index in [2.05, 4.69) is 15.4 Å². The van der Waals surface area contributed by atoms with Crippen LogP contribution in [0, 0.1) is 5.92 Å². The largest absolute Gasteiger partial charge is 0.359 e. The number of likely N-dealkylation sites (N-methyl/N-ethyl adjacent to an activating group) is 1. The van der Waals surface area contributed by atoms with Gasteiger partial charge in [0.05, 0.1) is 11.6 Å². The van der Waals surface area contributed by atoms with Gasteiger partial charge in [0.25, 0.3) is 5.91 Å². The van der Waals surface area contributed by atoms with E-state index < -0.39 is 0 Å². The zero-order chi connectivity index (χ0) is 17.8. The molecule has 1 aliphatic carbocycles. The number of nitrogens with one attached hydrogen (secondary N) is 1. The van der Waals surface area contributed by atoms with E-state index in [1.54, 1.807) is 11.9 Å². The molecule has 0 aromatic carbocycles. The molecule has 7 nitrogen and oxygen atoms in total. The molecule has 2 fully saturated rings. The molecule has 2 aliphatic rings. The van der Waals surface area contributed by atoms with Gasteiger partial charge in [0.15, 0.2) is 0 Å². The van der Waals surface area contributed by atoms with Gasteiger partial charge in [0, 0.05) is 45.2 Å². The lowest BCUT2D eigenvalue weighted by Gasteiger charge is -2.22. The molecule has 0 radical (unpaired) electrons. The zero-order valence-corrected chi connectivity index (χ0v) is 15.2. The predicted octanol–water partition coefficient (Wildman–Crippen LogP) is 1.47. The predicted molar refractivity (Wildman–Crippen MR) is 93.3 cm³/mol. The second-order valence-corrected chi connectivity index (χ2v) is 7.28. The van der Waals surface area contributed by atoms with Crippen LogP contribution in [0.2, 0.25) is 0 Å². The number of hydrogen-bond acceptors (Lipinski definition) is 5. The van der Waals surface area contributed by atoms with Crippen molar-refractivity contribution in [2.24, 2.45) is 5.92 Å². The van der Waals surface area contributed by atoms with Crippen molar-refractivity contribution >= 4 is 11.8 Å². The summed E-state index contributed by atoms with van der Waals surface area (Å²) >= 11 is 0. The van der Waals surface area contributed by atoms with Gasteiger partial charge in [-0.15, -0.1) is 0 Å². The molecule has 1 atom stereocenters. The van der Waals surface area contributed by atoms with Gasteiger partial charge in [0.1, 0.15) is 0 Å². The molecule has 1 N–H and O–H groups in total. The van der Waals surface area contributed by atoms with Gasteiger partial charge < -0.3 is 19.6 Å². The van der Waals surface area contributed by atoms with Crippen LogP contribution < -0.4 is 5.32 Å². The van der Waals surface area contributed by atoms with Crippen LogP contribution >= 0.6 is 0 Å². The minimum absolute atomic E-state index is 0.0352. The summed E-state index contributed by atoms with van der Waals surface area (Å²) in [4.78, 5) is 28.7. The zero-order valence-electron chi connectivity index (χ0n) is 15.2. The third-order valence-corrected chi connectivity index (χ3v) is 5.39. The van der Waals surface area contributed by atoms with Crippen molar-refractivity contribution in [2.75, 3.05) is 40.3 Å². The summed E-state index contributed by atoms with van der Waals surface area (Å²) in [5.41, 5.74) is 0.901. The first-order valence-corrected chi connectivity index (χ1v) is 9.24. The Labute approximate surface area is 148 Å². The second-order valence-electron chi connectivity index (χ2n) is 7.28. The van der Waals surface area contributed by atoms with Gasteiger partial charge in [-0.2, -0.15) is 0 Å². The van der Waals surface area contributed by atoms with Crippen LogP contribution in [-0.2, 0) is 4.79 Å². The van der Waals surface area contributed by atoms with Crippen LogP contribution in [0.3, 0.4) is 0 Å². The number of carbonyl (C=O) groups is 2. The molecule has 1 aromatic rings. The average molecular weight is 348 g/mol. The van der Waals surface area contributed by atoms with E-state index in [0.717, 1.165) is 25.1 Å². The highest BCUT2D eigenvalue weighted by Crippen LogP contribution is 2.32. The van der Waals surface area contributed by atoms with Gasteiger partial charge in [-0.25, -0.2) is 0 Å². The van der Waals surface area contributed by atoms with Gasteiger partial charge in [-0.1, -0.05) is 24.4 Å². The summed E-state index contributed by atoms with van der Waals surface area (Å²) in [7, 11) is 3.60. The first-order valence-electron chi connectivity index (χ1n) is 9.24. The highest BCUT2D eigenvalue weighted by atomic mass is 16.5. The molecule has 1 saturated heterocycles. The van der Waals surface area contributed by atoms with Crippen molar-refractivity contribution < 1.29 is 14.1 Å². The smallest absolute Gasteiger partial charge is 0.292 e. The molecule has 1 saturated carbocycles. The van der Waals surface area contributed by atoms with E-state index in [1.807, 2.05) is 13.1 Å². The van der Waals surface area contributed by atoms with Crippen molar-refractivity contribution in [1.82, 2.24) is 20.3 Å². The molecule has 2 amide bonds. The highest BCUT2D eigenvalue weighted by molar-refractivity contribution is 5.92. The molecule has 2 heterocycles. The van der Waals surface area contributed by atoms with Gasteiger partial charge in [0.2, 0.25) is 11.7 Å². The molecule has 3 rings (SSSR count). The molecule has 1 unspecified atom stereocenters. The maximum atomic E-state index is 12.9. The maximum absolute atomic E-state index is 12.9. The maximum Gasteiger partial charge on any atom is 0.292 e. The molecule has 0 bridgehead atoms. The van der Waals surface area contributed by atoms with Crippen LogP contribution in [0.4, 0.5) is 0 Å². The molecular formula is C18H28N4O3. The Morgan fingerprint density at radius 2 is 1.96 bits per heavy atom. The van der Waals surface area contributed by atoms with E-state index in [1.165, 1.54) is 19.3 Å². The first-order chi connectivity index (χ1) is 12.1. The summed E-state index contributed by atoms with van der Waals surface area (Å²) in [5, 5.41) is 6.84. The minimum atomic E-state index is -0.234. The summed E-state index contributed by atoms with van der Waals surface area (Å²) in [6.45, 7) is 2.38. The van der Waals surface area contributed by atoms with Crippen LogP contribution in [0.1, 0.15) is 54.3 Å². The number of hydrogen-bond donors (Lipinski definition) is 1. The molecule has 1 aliphatic heterocycles. The fourth-order valence-corrected chi connectivity index (χ4v) is 3.86. The van der Waals surface area contributed by atoms with Crippen molar-refractivity contribution in [1.29, 1.82) is 0 Å². The van der Waals surface area contributed by atoms with E-state index in [-0.39, 0.29) is 17.7 Å². The Morgan fingerprint density at radius 1 is 1.20 bits per heavy atom. The molecule has 25 heavy (non-hydrogen) atoms. The lowest BCUT2D eigenvalue weighted by atomic mass is 9.87. The van der Waals surface area contributed by atoms with Crippen molar-refractivity contribution in [3.8, 4) is 0 Å². The van der Waals surface area contributed by atoms with Crippen LogP contribution in [0.25, 0.3) is 0 Å². The fourth-order valence-electron chi connectivity index (χ4n) is 3.86. The highest BCUT2D eigenvalue weighted by Gasteiger charge is 2.31. The minimum Gasteiger partial charge on any atom is -0.359 e. The number of aromatic nitrogens is 1. The van der Waals surface area contributed by atoms with E-state index in [4.69, 9.17) is 4.52 Å². The summed E-state index contributed by atoms with van der Waals surface area (Å²) < 4.78 is 5.37. The summed E-state index contributed by atoms with van der Waals surface area (Å²) in [5.74, 6) is 0.265. The van der Waals surface area contributed by atoms with Crippen molar-refractivity contribution in [3.05, 3.63) is 17.5 Å². The van der Waals surface area contributed by atoms with Gasteiger partial charge in [-0.3, -0.25) is 9.59 Å². The van der Waals surface area contributed by atoms with Gasteiger partial charge in [-0.05, 0) is 19.9 Å². The number of rotatable bonds is 3. The lowest BCUT2D eigenvalue weighted by Crippen LogP contribution is -2.41. The van der Waals surface area contributed by atoms with Crippen LogP contribution in [-0.4, -0.2) is 67.0 Å². The van der Waals surface area contributed by atoms with E-state index >= 15 is 0 Å². The number of nitrogens with zero attached hydrogens (tertiary/aromatic N) is 3. The fraction of sp³-hybridized carbons (Fsp3) is 0.722. The number of amides is 2. The monoisotopic (exact) mass is 348 g/mol. The summed E-state index contributed by atoms with van der Waals surface area (Å²) in [6.07, 6.45) is 5.95. The molecule has 0 spiro atoms. The van der Waals surface area contributed by atoms with Crippen LogP contribution in [0.5, 0.6) is 0 Å². The number of carbonyl (C=O) groups excluding carboxylic acids is 2.